The van der Waals surface area contributed by atoms with E-state index in [-0.39, 0.29) is 10.9 Å². The number of fused-ring (bicyclic) bond motifs is 6. The Morgan fingerprint density at radius 2 is 0.833 bits per heavy atom. The van der Waals surface area contributed by atoms with Crippen LogP contribution in [0.2, 0.25) is 0 Å². The van der Waals surface area contributed by atoms with Crippen molar-refractivity contribution >= 4 is 43.1 Å². The van der Waals surface area contributed by atoms with Gasteiger partial charge < -0.3 is 0 Å². The van der Waals surface area contributed by atoms with Crippen molar-refractivity contribution in [2.45, 2.75) is 0 Å². The van der Waals surface area contributed by atoms with Crippen LogP contribution in [0.15, 0.2) is 58.1 Å². The predicted molar refractivity (Wildman–Crippen MR) is 91.3 cm³/mol. The molecule has 0 spiro atoms. The molecule has 0 aliphatic carbocycles. The topological polar surface area (TPSA) is 34.1 Å². The Morgan fingerprint density at radius 3 is 1.25 bits per heavy atom. The normalized spacial score (nSPS) is 12.1. The van der Waals surface area contributed by atoms with Gasteiger partial charge in [-0.3, -0.25) is 9.59 Å². The van der Waals surface area contributed by atoms with Gasteiger partial charge in [0.05, 0.1) is 0 Å². The fourth-order valence-corrected chi connectivity index (χ4v) is 3.59. The lowest BCUT2D eigenvalue weighted by atomic mass is 10.1. The third-order valence-electron chi connectivity index (χ3n) is 4.68. The molecule has 0 atom stereocenters. The first-order chi connectivity index (χ1) is 11.5. The summed E-state index contributed by atoms with van der Waals surface area (Å²) in [6.07, 6.45) is 0. The Balaban J connectivity index is 2.08. The summed E-state index contributed by atoms with van der Waals surface area (Å²) in [5.41, 5.74) is -0.518. The lowest BCUT2D eigenvalue weighted by Crippen LogP contribution is -1.95. The number of benzene rings is 3. The summed E-state index contributed by atoms with van der Waals surface area (Å²) < 4.78 is 26.9. The summed E-state index contributed by atoms with van der Waals surface area (Å²) >= 11 is 0. The predicted octanol–water partition coefficient (Wildman–Crippen LogP) is 4.17. The highest BCUT2D eigenvalue weighted by Gasteiger charge is 2.16. The highest BCUT2D eigenvalue weighted by atomic mass is 19.1. The monoisotopic (exact) mass is 318 g/mol. The Labute approximate surface area is 133 Å². The minimum atomic E-state index is -0.473. The van der Waals surface area contributed by atoms with E-state index in [1.807, 2.05) is 0 Å². The molecule has 5 aromatic rings. The molecule has 0 aliphatic heterocycles. The van der Waals surface area contributed by atoms with E-state index in [2.05, 4.69) is 0 Å². The largest absolute Gasteiger partial charge is 0.289 e. The molecule has 0 heterocycles. The van der Waals surface area contributed by atoms with Crippen LogP contribution >= 0.6 is 0 Å². The second kappa shape index (κ2) is 4.23. The zero-order valence-electron chi connectivity index (χ0n) is 12.2. The van der Waals surface area contributed by atoms with Gasteiger partial charge in [-0.05, 0) is 57.9 Å². The summed E-state index contributed by atoms with van der Waals surface area (Å²) in [6, 6.07) is 11.4. The maximum absolute atomic E-state index is 13.4. The number of hydrogen-bond acceptors (Lipinski definition) is 2. The molecule has 2 nitrogen and oxygen atoms in total. The van der Waals surface area contributed by atoms with Crippen LogP contribution in [-0.4, -0.2) is 0 Å². The molecular weight excluding hydrogens is 310 g/mol. The molecule has 24 heavy (non-hydrogen) atoms. The van der Waals surface area contributed by atoms with Gasteiger partial charge in [0.2, 0.25) is 0 Å². The van der Waals surface area contributed by atoms with Gasteiger partial charge in [0, 0.05) is 21.5 Å². The van der Waals surface area contributed by atoms with Crippen LogP contribution in [0.3, 0.4) is 0 Å². The number of halogens is 2. The number of hydrogen-bond donors (Lipinski definition) is 0. The molecule has 0 saturated heterocycles. The van der Waals surface area contributed by atoms with E-state index in [1.54, 1.807) is 24.3 Å². The second-order valence-electron chi connectivity index (χ2n) is 5.98. The molecule has 0 radical (unpaired) electrons. The third kappa shape index (κ3) is 1.52. The molecule has 0 saturated carbocycles. The minimum absolute atomic E-state index is 0.259. The molecule has 5 rings (SSSR count). The minimum Gasteiger partial charge on any atom is -0.289 e. The summed E-state index contributed by atoms with van der Waals surface area (Å²) in [7, 11) is 0. The van der Waals surface area contributed by atoms with Gasteiger partial charge >= 0.3 is 0 Å². The molecule has 0 fully saturated rings. The third-order valence-corrected chi connectivity index (χ3v) is 4.68. The molecule has 0 amide bonds. The Kier molecular flexibility index (Phi) is 2.35. The SMILES string of the molecule is O=c1c2cc(F)ccc2c2cc3c(=O)c4cc(F)ccc4c3cc12. The van der Waals surface area contributed by atoms with Crippen molar-refractivity contribution in [2.24, 2.45) is 0 Å². The molecule has 0 N–H and O–H groups in total. The van der Waals surface area contributed by atoms with Gasteiger partial charge in [-0.2, -0.15) is 0 Å². The quantitative estimate of drug-likeness (QED) is 0.429. The van der Waals surface area contributed by atoms with Crippen LogP contribution in [0.5, 0.6) is 0 Å². The highest BCUT2D eigenvalue weighted by molar-refractivity contribution is 6.21. The van der Waals surface area contributed by atoms with Crippen LogP contribution < -0.4 is 10.9 Å². The van der Waals surface area contributed by atoms with Gasteiger partial charge in [0.1, 0.15) is 11.6 Å². The first-order valence-corrected chi connectivity index (χ1v) is 7.42. The summed E-state index contributed by atoms with van der Waals surface area (Å²) in [5, 5.41) is 3.98. The maximum Gasteiger partial charge on any atom is 0.194 e. The van der Waals surface area contributed by atoms with Gasteiger partial charge in [0.15, 0.2) is 10.9 Å². The molecule has 0 unspecified atom stereocenters. The van der Waals surface area contributed by atoms with Gasteiger partial charge in [-0.15, -0.1) is 0 Å². The van der Waals surface area contributed by atoms with Crippen molar-refractivity contribution in [2.75, 3.05) is 0 Å². The van der Waals surface area contributed by atoms with E-state index in [0.29, 0.717) is 43.1 Å². The summed E-state index contributed by atoms with van der Waals surface area (Å²) in [5.74, 6) is -0.946. The van der Waals surface area contributed by atoms with Crippen LogP contribution in [0, 0.1) is 11.6 Å². The first-order valence-electron chi connectivity index (χ1n) is 7.42. The fraction of sp³-hybridized carbons (Fsp3) is 0. The van der Waals surface area contributed by atoms with E-state index in [0.717, 1.165) is 0 Å². The van der Waals surface area contributed by atoms with Crippen molar-refractivity contribution in [1.29, 1.82) is 0 Å². The molecule has 5 aromatic carbocycles. The van der Waals surface area contributed by atoms with Crippen molar-refractivity contribution in [3.8, 4) is 0 Å². The smallest absolute Gasteiger partial charge is 0.194 e. The van der Waals surface area contributed by atoms with Gasteiger partial charge in [-0.1, -0.05) is 12.1 Å². The molecule has 0 aliphatic rings. The average Bonchev–Trinajstić information content (AvgIpc) is 2.99. The van der Waals surface area contributed by atoms with Crippen LogP contribution in [0.4, 0.5) is 8.78 Å². The average molecular weight is 318 g/mol. The number of rotatable bonds is 0. The zero-order valence-corrected chi connectivity index (χ0v) is 12.2. The maximum atomic E-state index is 13.4. The van der Waals surface area contributed by atoms with E-state index in [1.165, 1.54) is 24.3 Å². The van der Waals surface area contributed by atoms with E-state index in [4.69, 9.17) is 0 Å². The summed E-state index contributed by atoms with van der Waals surface area (Å²) in [4.78, 5) is 25.2. The van der Waals surface area contributed by atoms with Crippen molar-refractivity contribution in [1.82, 2.24) is 0 Å². The molecule has 114 valence electrons. The van der Waals surface area contributed by atoms with Crippen LogP contribution in [0.25, 0.3) is 43.1 Å². The molecule has 0 bridgehead atoms. The van der Waals surface area contributed by atoms with Crippen molar-refractivity contribution < 1.29 is 8.78 Å². The van der Waals surface area contributed by atoms with E-state index in [9.17, 15) is 18.4 Å². The van der Waals surface area contributed by atoms with Gasteiger partial charge in [0.25, 0.3) is 0 Å². The molecule has 0 aromatic heterocycles. The van der Waals surface area contributed by atoms with Crippen LogP contribution in [0.1, 0.15) is 0 Å². The Bertz CT molecular complexity index is 1300. The first kappa shape index (κ1) is 13.3. The summed E-state index contributed by atoms with van der Waals surface area (Å²) in [6.45, 7) is 0. The Morgan fingerprint density at radius 1 is 0.458 bits per heavy atom. The lowest BCUT2D eigenvalue weighted by molar-refractivity contribution is 0.629. The van der Waals surface area contributed by atoms with Crippen molar-refractivity contribution in [3.05, 3.63) is 80.6 Å². The Hall–Kier alpha value is -3.14. The van der Waals surface area contributed by atoms with Crippen molar-refractivity contribution in [3.63, 3.8) is 0 Å². The zero-order chi connectivity index (χ0) is 16.6. The molecule has 4 heteroatoms. The highest BCUT2D eigenvalue weighted by Crippen LogP contribution is 2.32. The lowest BCUT2D eigenvalue weighted by Gasteiger charge is -1.95. The van der Waals surface area contributed by atoms with Gasteiger partial charge in [-0.25, -0.2) is 8.78 Å². The molecular formula is C20H8F2O2. The van der Waals surface area contributed by atoms with E-state index < -0.39 is 11.6 Å². The van der Waals surface area contributed by atoms with E-state index >= 15 is 0 Å². The second-order valence-corrected chi connectivity index (χ2v) is 5.98. The fourth-order valence-electron chi connectivity index (χ4n) is 3.59. The standard InChI is InChI=1S/C20H8F2O2/c21-9-1-3-11-13-7-18-14(8-17(13)19(23)15(11)5-9)12-4-2-10(22)6-16(12)20(18)24/h1-8H. The van der Waals surface area contributed by atoms with Crippen LogP contribution in [-0.2, 0) is 0 Å².